The van der Waals surface area contributed by atoms with Crippen molar-refractivity contribution >= 4 is 17.6 Å². The third kappa shape index (κ3) is 3.71. The first kappa shape index (κ1) is 17.7. The Morgan fingerprint density at radius 3 is 2.50 bits per heavy atom. The van der Waals surface area contributed by atoms with Crippen molar-refractivity contribution in [2.75, 3.05) is 24.5 Å². The van der Waals surface area contributed by atoms with Crippen molar-refractivity contribution < 1.29 is 13.2 Å². The van der Waals surface area contributed by atoms with E-state index in [9.17, 15) is 13.2 Å². The molecule has 0 N–H and O–H groups in total. The second-order valence-corrected chi connectivity index (χ2v) is 8.04. The van der Waals surface area contributed by atoms with Gasteiger partial charge < -0.3 is 4.90 Å². The lowest BCUT2D eigenvalue weighted by molar-refractivity contribution is -0.137. The molecule has 0 aliphatic carbocycles. The number of anilines is 1. The van der Waals surface area contributed by atoms with E-state index in [2.05, 4.69) is 33.5 Å². The van der Waals surface area contributed by atoms with Gasteiger partial charge in [-0.05, 0) is 67.1 Å². The monoisotopic (exact) mass is 378 g/mol. The Balaban J connectivity index is 1.41. The Bertz CT molecular complexity index is 760. The van der Waals surface area contributed by atoms with Crippen molar-refractivity contribution in [2.24, 2.45) is 0 Å². The molecule has 0 amide bonds. The van der Waals surface area contributed by atoms with Crippen LogP contribution in [0.15, 0.2) is 53.4 Å². The van der Waals surface area contributed by atoms with Gasteiger partial charge in [-0.3, -0.25) is 0 Å². The lowest BCUT2D eigenvalue weighted by Crippen LogP contribution is -2.45. The average molecular weight is 378 g/mol. The average Bonchev–Trinajstić information content (AvgIpc) is 3.06. The zero-order chi connectivity index (χ0) is 18.1. The number of nitrogens with zero attached hydrogens (tertiary/aromatic N) is 2. The van der Waals surface area contributed by atoms with Crippen LogP contribution in [0.5, 0.6) is 0 Å². The molecule has 0 aromatic heterocycles. The van der Waals surface area contributed by atoms with Crippen LogP contribution in [-0.4, -0.2) is 30.0 Å². The molecular weight excluding hydrogens is 357 g/mol. The van der Waals surface area contributed by atoms with Crippen molar-refractivity contribution in [2.45, 2.75) is 36.4 Å². The molecule has 2 aliphatic rings. The predicted molar refractivity (Wildman–Crippen MR) is 99.4 cm³/mol. The van der Waals surface area contributed by atoms with Crippen LogP contribution in [0.3, 0.4) is 0 Å². The molecule has 1 atom stereocenters. The molecule has 2 aromatic carbocycles. The maximum atomic E-state index is 12.7. The Kier molecular flexibility index (Phi) is 4.88. The van der Waals surface area contributed by atoms with Crippen LogP contribution in [-0.2, 0) is 12.6 Å². The van der Waals surface area contributed by atoms with E-state index in [1.54, 1.807) is 24.1 Å². The van der Waals surface area contributed by atoms with E-state index in [0.717, 1.165) is 37.4 Å². The molecule has 2 nitrogen and oxygen atoms in total. The second kappa shape index (κ2) is 7.16. The number of benzene rings is 2. The minimum atomic E-state index is -4.28. The molecule has 2 aliphatic heterocycles. The van der Waals surface area contributed by atoms with Gasteiger partial charge in [-0.15, -0.1) is 0 Å². The second-order valence-electron chi connectivity index (χ2n) is 6.87. The number of rotatable bonds is 3. The summed E-state index contributed by atoms with van der Waals surface area (Å²) in [7, 11) is 0. The fourth-order valence-electron chi connectivity index (χ4n) is 3.86. The molecule has 0 radical (unpaired) electrons. The van der Waals surface area contributed by atoms with Crippen LogP contribution in [0.25, 0.3) is 0 Å². The van der Waals surface area contributed by atoms with Gasteiger partial charge in [0.2, 0.25) is 0 Å². The van der Waals surface area contributed by atoms with E-state index in [-0.39, 0.29) is 0 Å². The molecule has 2 aromatic rings. The normalized spacial score (nSPS) is 21.0. The Morgan fingerprint density at radius 2 is 1.73 bits per heavy atom. The highest BCUT2D eigenvalue weighted by Gasteiger charge is 2.31. The Hall–Kier alpha value is -1.66. The van der Waals surface area contributed by atoms with Gasteiger partial charge in [0.25, 0.3) is 0 Å². The first-order valence-corrected chi connectivity index (χ1v) is 9.73. The lowest BCUT2D eigenvalue weighted by Gasteiger charge is -2.38. The van der Waals surface area contributed by atoms with Gasteiger partial charge in [-0.1, -0.05) is 18.2 Å². The molecule has 138 valence electrons. The van der Waals surface area contributed by atoms with Crippen molar-refractivity contribution in [3.63, 3.8) is 0 Å². The molecule has 1 fully saturated rings. The van der Waals surface area contributed by atoms with Gasteiger partial charge in [0.05, 0.1) is 5.56 Å². The number of piperidine rings is 1. The minimum Gasteiger partial charge on any atom is -0.367 e. The molecule has 0 spiro atoms. The van der Waals surface area contributed by atoms with Crippen molar-refractivity contribution in [1.29, 1.82) is 0 Å². The smallest absolute Gasteiger partial charge is 0.367 e. The SMILES string of the molecule is FC(F)(F)c1ccc(SN2CCCC(N3CCc4ccccc43)C2)cc1. The number of halogens is 3. The Morgan fingerprint density at radius 1 is 0.962 bits per heavy atom. The van der Waals surface area contributed by atoms with Crippen molar-refractivity contribution in [1.82, 2.24) is 4.31 Å². The van der Waals surface area contributed by atoms with Crippen LogP contribution in [0.4, 0.5) is 18.9 Å². The molecule has 0 bridgehead atoms. The van der Waals surface area contributed by atoms with E-state index in [1.165, 1.54) is 29.8 Å². The van der Waals surface area contributed by atoms with Gasteiger partial charge in [-0.25, -0.2) is 4.31 Å². The third-order valence-electron chi connectivity index (χ3n) is 5.14. The fraction of sp³-hybridized carbons (Fsp3) is 0.400. The summed E-state index contributed by atoms with van der Waals surface area (Å²) in [6, 6.07) is 14.5. The first-order valence-electron chi connectivity index (χ1n) is 8.95. The summed E-state index contributed by atoms with van der Waals surface area (Å²) in [5, 5.41) is 0. The number of hydrogen-bond donors (Lipinski definition) is 0. The molecule has 1 saturated heterocycles. The van der Waals surface area contributed by atoms with Crippen molar-refractivity contribution in [3.05, 3.63) is 59.7 Å². The van der Waals surface area contributed by atoms with E-state index in [4.69, 9.17) is 0 Å². The van der Waals surface area contributed by atoms with Gasteiger partial charge >= 0.3 is 6.18 Å². The van der Waals surface area contributed by atoms with Crippen LogP contribution in [0, 0.1) is 0 Å². The van der Waals surface area contributed by atoms with E-state index < -0.39 is 11.7 Å². The van der Waals surface area contributed by atoms with Gasteiger partial charge in [0, 0.05) is 36.3 Å². The number of fused-ring (bicyclic) bond motifs is 1. The topological polar surface area (TPSA) is 6.48 Å². The molecule has 26 heavy (non-hydrogen) atoms. The molecule has 2 heterocycles. The van der Waals surface area contributed by atoms with Crippen molar-refractivity contribution in [3.8, 4) is 0 Å². The van der Waals surface area contributed by atoms with Crippen LogP contribution in [0.1, 0.15) is 24.0 Å². The zero-order valence-electron chi connectivity index (χ0n) is 14.4. The summed E-state index contributed by atoms with van der Waals surface area (Å²) in [6.07, 6.45) is -0.906. The molecule has 6 heteroatoms. The lowest BCUT2D eigenvalue weighted by atomic mass is 10.1. The van der Waals surface area contributed by atoms with Crippen LogP contribution in [0.2, 0.25) is 0 Å². The summed E-state index contributed by atoms with van der Waals surface area (Å²) in [4.78, 5) is 3.37. The number of alkyl halides is 3. The maximum Gasteiger partial charge on any atom is 0.416 e. The van der Waals surface area contributed by atoms with Gasteiger partial charge in [-0.2, -0.15) is 13.2 Å². The zero-order valence-corrected chi connectivity index (χ0v) is 15.2. The van der Waals surface area contributed by atoms with Gasteiger partial charge in [0.1, 0.15) is 0 Å². The minimum absolute atomic E-state index is 0.467. The highest BCUT2D eigenvalue weighted by atomic mass is 32.2. The standard InChI is InChI=1S/C20H21F3N2S/c21-20(22,23)16-7-9-18(10-8-16)26-24-12-3-5-17(14-24)25-13-11-15-4-1-2-6-19(15)25/h1-2,4,6-10,17H,3,5,11-14H2. The highest BCUT2D eigenvalue weighted by molar-refractivity contribution is 7.97. The van der Waals surface area contributed by atoms with E-state index in [1.807, 2.05) is 0 Å². The summed E-state index contributed by atoms with van der Waals surface area (Å²) >= 11 is 1.57. The molecule has 1 unspecified atom stereocenters. The third-order valence-corrected chi connectivity index (χ3v) is 6.21. The maximum absolute atomic E-state index is 12.7. The fourth-order valence-corrected chi connectivity index (χ4v) is 4.88. The largest absolute Gasteiger partial charge is 0.416 e. The summed E-state index contributed by atoms with van der Waals surface area (Å²) in [5.74, 6) is 0. The van der Waals surface area contributed by atoms with Gasteiger partial charge in [0.15, 0.2) is 0 Å². The van der Waals surface area contributed by atoms with E-state index >= 15 is 0 Å². The quantitative estimate of drug-likeness (QED) is 0.675. The first-order chi connectivity index (χ1) is 12.5. The van der Waals surface area contributed by atoms with Crippen LogP contribution >= 0.6 is 11.9 Å². The number of hydrogen-bond acceptors (Lipinski definition) is 3. The summed E-state index contributed by atoms with van der Waals surface area (Å²) in [6.45, 7) is 2.96. The van der Waals surface area contributed by atoms with E-state index in [0.29, 0.717) is 6.04 Å². The Labute approximate surface area is 156 Å². The summed E-state index contributed by atoms with van der Waals surface area (Å²) < 4.78 is 40.4. The van der Waals surface area contributed by atoms with Crippen LogP contribution < -0.4 is 4.90 Å². The molecule has 4 rings (SSSR count). The molecular formula is C20H21F3N2S. The number of para-hydroxylation sites is 1. The molecule has 0 saturated carbocycles. The highest BCUT2D eigenvalue weighted by Crippen LogP contribution is 2.35. The predicted octanol–water partition coefficient (Wildman–Crippen LogP) is 5.24. The summed E-state index contributed by atoms with van der Waals surface area (Å²) in [5.41, 5.74) is 2.17.